The minimum atomic E-state index is -3.76. The Kier molecular flexibility index (Phi) is 4.37. The van der Waals surface area contributed by atoms with Gasteiger partial charge in [0, 0.05) is 13.2 Å². The molecule has 0 atom stereocenters. The summed E-state index contributed by atoms with van der Waals surface area (Å²) in [5, 5.41) is 3.35. The molecule has 0 aliphatic carbocycles. The highest BCUT2D eigenvalue weighted by atomic mass is 35.5. The lowest BCUT2D eigenvalue weighted by atomic mass is 10.3. The molecule has 0 saturated heterocycles. The highest BCUT2D eigenvalue weighted by Gasteiger charge is 2.19. The van der Waals surface area contributed by atoms with Crippen LogP contribution in [-0.2, 0) is 10.0 Å². The van der Waals surface area contributed by atoms with E-state index in [9.17, 15) is 8.42 Å². The third-order valence-electron chi connectivity index (χ3n) is 2.47. The summed E-state index contributed by atoms with van der Waals surface area (Å²) in [6.07, 6.45) is 1.50. The monoisotopic (exact) mass is 331 g/mol. The standard InChI is InChI=1S/C12H11Cl2N3O2S/c1-15-12-11(3-2-6-16-12)20(18,19)17-8-4-5-9(13)10(14)7-8/h2-7,17H,1H3,(H,15,16). The fourth-order valence-corrected chi connectivity index (χ4v) is 3.08. The van der Waals surface area contributed by atoms with Gasteiger partial charge in [-0.3, -0.25) is 4.72 Å². The Bertz CT molecular complexity index is 735. The molecular weight excluding hydrogens is 321 g/mol. The zero-order valence-corrected chi connectivity index (χ0v) is 12.7. The predicted octanol–water partition coefficient (Wildman–Crippen LogP) is 3.23. The molecule has 0 bridgehead atoms. The first-order valence-electron chi connectivity index (χ1n) is 5.54. The van der Waals surface area contributed by atoms with E-state index in [-0.39, 0.29) is 15.7 Å². The fraction of sp³-hybridized carbons (Fsp3) is 0.0833. The molecule has 5 nitrogen and oxygen atoms in total. The topological polar surface area (TPSA) is 71.1 Å². The summed E-state index contributed by atoms with van der Waals surface area (Å²) >= 11 is 11.6. The molecule has 1 aromatic heterocycles. The number of sulfonamides is 1. The van der Waals surface area contributed by atoms with Gasteiger partial charge in [-0.25, -0.2) is 13.4 Å². The average Bonchev–Trinajstić information content (AvgIpc) is 2.42. The molecule has 0 unspecified atom stereocenters. The Labute approximate surface area is 127 Å². The molecule has 106 valence electrons. The zero-order chi connectivity index (χ0) is 14.8. The number of anilines is 2. The molecule has 8 heteroatoms. The second kappa shape index (κ2) is 5.87. The van der Waals surface area contributed by atoms with E-state index in [2.05, 4.69) is 15.0 Å². The summed E-state index contributed by atoms with van der Waals surface area (Å²) in [4.78, 5) is 4.01. The van der Waals surface area contributed by atoms with Crippen molar-refractivity contribution in [1.82, 2.24) is 4.98 Å². The number of pyridine rings is 1. The number of hydrogen-bond donors (Lipinski definition) is 2. The van der Waals surface area contributed by atoms with Gasteiger partial charge >= 0.3 is 0 Å². The zero-order valence-electron chi connectivity index (χ0n) is 10.4. The Hall–Kier alpha value is -1.50. The van der Waals surface area contributed by atoms with Crippen LogP contribution in [0.2, 0.25) is 10.0 Å². The van der Waals surface area contributed by atoms with Gasteiger partial charge in [-0.05, 0) is 30.3 Å². The molecule has 1 aromatic carbocycles. The van der Waals surface area contributed by atoms with Crippen LogP contribution >= 0.6 is 23.2 Å². The van der Waals surface area contributed by atoms with E-state index in [4.69, 9.17) is 23.2 Å². The highest BCUT2D eigenvalue weighted by Crippen LogP contribution is 2.27. The van der Waals surface area contributed by atoms with Gasteiger partial charge in [-0.15, -0.1) is 0 Å². The van der Waals surface area contributed by atoms with E-state index in [1.165, 1.54) is 30.5 Å². The van der Waals surface area contributed by atoms with Gasteiger partial charge in [-0.2, -0.15) is 0 Å². The molecule has 2 rings (SSSR count). The molecule has 0 aliphatic rings. The predicted molar refractivity (Wildman–Crippen MR) is 81.1 cm³/mol. The van der Waals surface area contributed by atoms with Crippen LogP contribution in [0.15, 0.2) is 41.4 Å². The number of rotatable bonds is 4. The molecule has 0 aliphatic heterocycles. The van der Waals surface area contributed by atoms with Crippen LogP contribution in [0.25, 0.3) is 0 Å². The van der Waals surface area contributed by atoms with Crippen LogP contribution in [0.1, 0.15) is 0 Å². The maximum Gasteiger partial charge on any atom is 0.265 e. The molecule has 0 amide bonds. The first kappa shape index (κ1) is 14.9. The molecule has 2 N–H and O–H groups in total. The summed E-state index contributed by atoms with van der Waals surface area (Å²) in [5.41, 5.74) is 0.324. The second-order valence-corrected chi connectivity index (χ2v) is 6.30. The van der Waals surface area contributed by atoms with Crippen molar-refractivity contribution < 1.29 is 8.42 Å². The Morgan fingerprint density at radius 3 is 2.55 bits per heavy atom. The van der Waals surface area contributed by atoms with E-state index < -0.39 is 10.0 Å². The Morgan fingerprint density at radius 2 is 1.90 bits per heavy atom. The number of nitrogens with one attached hydrogen (secondary N) is 2. The van der Waals surface area contributed by atoms with Crippen molar-refractivity contribution in [3.05, 3.63) is 46.6 Å². The van der Waals surface area contributed by atoms with Gasteiger partial charge in [-0.1, -0.05) is 23.2 Å². The Morgan fingerprint density at radius 1 is 1.15 bits per heavy atom. The quantitative estimate of drug-likeness (QED) is 0.902. The number of aromatic nitrogens is 1. The normalized spacial score (nSPS) is 11.2. The minimum absolute atomic E-state index is 0.0496. The van der Waals surface area contributed by atoms with Crippen LogP contribution in [-0.4, -0.2) is 20.4 Å². The fourth-order valence-electron chi connectivity index (χ4n) is 1.56. The van der Waals surface area contributed by atoms with Crippen molar-refractivity contribution in [2.45, 2.75) is 4.90 Å². The summed E-state index contributed by atoms with van der Waals surface area (Å²) < 4.78 is 27.0. The summed E-state index contributed by atoms with van der Waals surface area (Å²) in [6, 6.07) is 7.49. The van der Waals surface area contributed by atoms with Crippen LogP contribution in [0.5, 0.6) is 0 Å². The summed E-state index contributed by atoms with van der Waals surface area (Å²) in [6.45, 7) is 0. The summed E-state index contributed by atoms with van der Waals surface area (Å²) in [5.74, 6) is 0.264. The first-order chi connectivity index (χ1) is 9.44. The van der Waals surface area contributed by atoms with E-state index in [0.717, 1.165) is 0 Å². The number of nitrogens with zero attached hydrogens (tertiary/aromatic N) is 1. The third kappa shape index (κ3) is 3.15. The molecule has 0 radical (unpaired) electrons. The maximum absolute atomic E-state index is 12.3. The first-order valence-corrected chi connectivity index (χ1v) is 7.78. The third-order valence-corrected chi connectivity index (χ3v) is 4.62. The molecule has 0 saturated carbocycles. The lowest BCUT2D eigenvalue weighted by molar-refractivity contribution is 0.601. The lowest BCUT2D eigenvalue weighted by Crippen LogP contribution is -2.15. The van der Waals surface area contributed by atoms with Gasteiger partial charge in [0.05, 0.1) is 15.7 Å². The largest absolute Gasteiger partial charge is 0.372 e. The SMILES string of the molecule is CNc1ncccc1S(=O)(=O)Nc1ccc(Cl)c(Cl)c1. The van der Waals surface area contributed by atoms with Gasteiger partial charge in [0.1, 0.15) is 10.7 Å². The van der Waals surface area contributed by atoms with Crippen molar-refractivity contribution in [2.24, 2.45) is 0 Å². The molecule has 20 heavy (non-hydrogen) atoms. The lowest BCUT2D eigenvalue weighted by Gasteiger charge is -2.11. The van der Waals surface area contributed by atoms with Crippen LogP contribution in [0.4, 0.5) is 11.5 Å². The van der Waals surface area contributed by atoms with Crippen LogP contribution in [0.3, 0.4) is 0 Å². The second-order valence-electron chi connectivity index (χ2n) is 3.83. The van der Waals surface area contributed by atoms with Gasteiger partial charge < -0.3 is 5.32 Å². The molecule has 0 fully saturated rings. The van der Waals surface area contributed by atoms with Crippen LogP contribution < -0.4 is 10.0 Å². The van der Waals surface area contributed by atoms with Gasteiger partial charge in [0.2, 0.25) is 0 Å². The molecule has 1 heterocycles. The number of hydrogen-bond acceptors (Lipinski definition) is 4. The van der Waals surface area contributed by atoms with E-state index in [0.29, 0.717) is 10.7 Å². The van der Waals surface area contributed by atoms with Crippen molar-refractivity contribution in [3.8, 4) is 0 Å². The van der Waals surface area contributed by atoms with E-state index in [1.807, 2.05) is 0 Å². The Balaban J connectivity index is 2.38. The molecule has 0 spiro atoms. The van der Waals surface area contributed by atoms with Gasteiger partial charge in [0.15, 0.2) is 0 Å². The van der Waals surface area contributed by atoms with Gasteiger partial charge in [0.25, 0.3) is 10.0 Å². The van der Waals surface area contributed by atoms with Crippen molar-refractivity contribution in [2.75, 3.05) is 17.1 Å². The minimum Gasteiger partial charge on any atom is -0.372 e. The van der Waals surface area contributed by atoms with Crippen LogP contribution in [0, 0.1) is 0 Å². The van der Waals surface area contributed by atoms with E-state index >= 15 is 0 Å². The smallest absolute Gasteiger partial charge is 0.265 e. The van der Waals surface area contributed by atoms with E-state index in [1.54, 1.807) is 13.1 Å². The van der Waals surface area contributed by atoms with Crippen molar-refractivity contribution >= 4 is 44.7 Å². The average molecular weight is 332 g/mol. The number of benzene rings is 1. The molecular formula is C12H11Cl2N3O2S. The number of halogens is 2. The summed E-state index contributed by atoms with van der Waals surface area (Å²) in [7, 11) is -2.16. The highest BCUT2D eigenvalue weighted by molar-refractivity contribution is 7.92. The van der Waals surface area contributed by atoms with Crippen molar-refractivity contribution in [1.29, 1.82) is 0 Å². The van der Waals surface area contributed by atoms with Crippen molar-refractivity contribution in [3.63, 3.8) is 0 Å². The maximum atomic E-state index is 12.3. The molecule has 2 aromatic rings.